The smallest absolute Gasteiger partial charge is 0.305 e. The Bertz CT molecular complexity index is 854. The summed E-state index contributed by atoms with van der Waals surface area (Å²) in [5.41, 5.74) is -0.954. The van der Waals surface area contributed by atoms with E-state index in [2.05, 4.69) is 5.32 Å². The molecule has 1 atom stereocenters. The van der Waals surface area contributed by atoms with Crippen LogP contribution in [0.5, 0.6) is 0 Å². The maximum Gasteiger partial charge on any atom is 0.305 e. The predicted molar refractivity (Wildman–Crippen MR) is 108 cm³/mol. The van der Waals surface area contributed by atoms with Crippen molar-refractivity contribution in [1.82, 2.24) is 10.2 Å². The van der Waals surface area contributed by atoms with Crippen LogP contribution in [0, 0.1) is 28.5 Å². The minimum absolute atomic E-state index is 0.105. The molecule has 30 heavy (non-hydrogen) atoms. The predicted octanol–water partition coefficient (Wildman–Crippen LogP) is 2.64. The van der Waals surface area contributed by atoms with E-state index in [4.69, 9.17) is 10.00 Å². The average molecular weight is 417 g/mol. The van der Waals surface area contributed by atoms with Crippen LogP contribution in [-0.4, -0.2) is 48.9 Å². The van der Waals surface area contributed by atoms with E-state index in [1.54, 1.807) is 25.7 Å². The van der Waals surface area contributed by atoms with Gasteiger partial charge in [0.15, 0.2) is 0 Å². The van der Waals surface area contributed by atoms with Crippen LogP contribution >= 0.6 is 0 Å². The van der Waals surface area contributed by atoms with E-state index in [1.165, 1.54) is 19.2 Å². The maximum atomic E-state index is 14.1. The molecule has 1 aliphatic rings. The Morgan fingerprint density at radius 2 is 1.97 bits per heavy atom. The van der Waals surface area contributed by atoms with Crippen LogP contribution in [0.2, 0.25) is 0 Å². The van der Waals surface area contributed by atoms with E-state index in [1.807, 2.05) is 6.07 Å². The summed E-state index contributed by atoms with van der Waals surface area (Å²) in [6, 6.07) is 4.91. The number of nitrogens with zero attached hydrogens (tertiary/aromatic N) is 2. The molecule has 0 bridgehead atoms. The van der Waals surface area contributed by atoms with E-state index in [0.717, 1.165) is 6.07 Å². The lowest BCUT2D eigenvalue weighted by atomic mass is 9.82. The Morgan fingerprint density at radius 1 is 1.33 bits per heavy atom. The molecule has 1 aromatic carbocycles. The minimum atomic E-state index is -0.909. The number of hydrogen-bond donors (Lipinski definition) is 1. The van der Waals surface area contributed by atoms with Gasteiger partial charge >= 0.3 is 5.97 Å². The van der Waals surface area contributed by atoms with Crippen LogP contribution in [0.25, 0.3) is 0 Å². The molecule has 2 amide bonds. The third-order valence-corrected chi connectivity index (χ3v) is 5.91. The standard InChI is InChI=1S/C22H28FN3O4/c1-14(25-20(28)17-6-5-16(13-24)11-18(17)23)22(2,3)21(29)26-9-7-15(8-10-26)12-19(27)30-4/h5-6,11,14-15H,7-10,12H2,1-4H3,(H,25,28). The van der Waals surface area contributed by atoms with Gasteiger partial charge in [-0.25, -0.2) is 4.39 Å². The summed E-state index contributed by atoms with van der Waals surface area (Å²) in [4.78, 5) is 38.8. The van der Waals surface area contributed by atoms with Crippen LogP contribution < -0.4 is 5.32 Å². The largest absolute Gasteiger partial charge is 0.469 e. The van der Waals surface area contributed by atoms with Crippen molar-refractivity contribution < 1.29 is 23.5 Å². The lowest BCUT2D eigenvalue weighted by molar-refractivity contribution is -0.144. The highest BCUT2D eigenvalue weighted by Crippen LogP contribution is 2.28. The van der Waals surface area contributed by atoms with Gasteiger partial charge in [0.2, 0.25) is 5.91 Å². The van der Waals surface area contributed by atoms with Gasteiger partial charge < -0.3 is 15.0 Å². The van der Waals surface area contributed by atoms with Gasteiger partial charge in [0.25, 0.3) is 5.91 Å². The van der Waals surface area contributed by atoms with E-state index < -0.39 is 23.2 Å². The molecule has 7 nitrogen and oxygen atoms in total. The second kappa shape index (κ2) is 9.70. The highest BCUT2D eigenvalue weighted by atomic mass is 19.1. The molecule has 2 rings (SSSR count). The molecule has 8 heteroatoms. The third-order valence-electron chi connectivity index (χ3n) is 5.91. The van der Waals surface area contributed by atoms with E-state index in [9.17, 15) is 18.8 Å². The van der Waals surface area contributed by atoms with Gasteiger partial charge in [-0.05, 0) is 57.7 Å². The number of hydrogen-bond acceptors (Lipinski definition) is 5. The summed E-state index contributed by atoms with van der Waals surface area (Å²) < 4.78 is 18.8. The molecule has 1 aliphatic heterocycles. The average Bonchev–Trinajstić information content (AvgIpc) is 2.73. The first-order valence-corrected chi connectivity index (χ1v) is 9.96. The van der Waals surface area contributed by atoms with Gasteiger partial charge in [-0.3, -0.25) is 14.4 Å². The van der Waals surface area contributed by atoms with Crippen molar-refractivity contribution in [1.29, 1.82) is 5.26 Å². The second-order valence-electron chi connectivity index (χ2n) is 8.24. The van der Waals surface area contributed by atoms with Crippen molar-refractivity contribution in [2.45, 2.75) is 46.1 Å². The molecule has 0 aliphatic carbocycles. The van der Waals surface area contributed by atoms with Crippen molar-refractivity contribution in [2.24, 2.45) is 11.3 Å². The molecule has 0 aromatic heterocycles. The van der Waals surface area contributed by atoms with Crippen molar-refractivity contribution in [2.75, 3.05) is 20.2 Å². The van der Waals surface area contributed by atoms with Gasteiger partial charge in [-0.15, -0.1) is 0 Å². The monoisotopic (exact) mass is 417 g/mol. The number of halogens is 1. The molecule has 0 radical (unpaired) electrons. The lowest BCUT2D eigenvalue weighted by Crippen LogP contribution is -2.53. The summed E-state index contributed by atoms with van der Waals surface area (Å²) in [5, 5.41) is 11.5. The summed E-state index contributed by atoms with van der Waals surface area (Å²) in [6.45, 7) is 6.27. The molecule has 0 saturated carbocycles. The van der Waals surface area contributed by atoms with Crippen LogP contribution in [-0.2, 0) is 14.3 Å². The van der Waals surface area contributed by atoms with Crippen LogP contribution in [0.3, 0.4) is 0 Å². The third kappa shape index (κ3) is 5.35. The number of carbonyl (C=O) groups excluding carboxylic acids is 3. The Kier molecular flexibility index (Phi) is 7.54. The molecule has 1 N–H and O–H groups in total. The summed E-state index contributed by atoms with van der Waals surface area (Å²) in [6.07, 6.45) is 1.78. The first kappa shape index (κ1) is 23.3. The van der Waals surface area contributed by atoms with Gasteiger partial charge in [0, 0.05) is 25.6 Å². The zero-order chi connectivity index (χ0) is 22.5. The summed E-state index contributed by atoms with van der Waals surface area (Å²) in [7, 11) is 1.36. The molecule has 162 valence electrons. The highest BCUT2D eigenvalue weighted by molar-refractivity contribution is 5.95. The number of piperidine rings is 1. The molecular formula is C22H28FN3O4. The topological polar surface area (TPSA) is 99.5 Å². The van der Waals surface area contributed by atoms with Crippen LogP contribution in [0.15, 0.2) is 18.2 Å². The fraction of sp³-hybridized carbons (Fsp3) is 0.545. The molecular weight excluding hydrogens is 389 g/mol. The minimum Gasteiger partial charge on any atom is -0.469 e. The Balaban J connectivity index is 1.99. The number of amides is 2. The zero-order valence-corrected chi connectivity index (χ0v) is 17.8. The second-order valence-corrected chi connectivity index (χ2v) is 8.24. The molecule has 1 heterocycles. The summed E-state index contributed by atoms with van der Waals surface area (Å²) in [5.74, 6) is -1.57. The molecule has 1 saturated heterocycles. The quantitative estimate of drug-likeness (QED) is 0.718. The van der Waals surface area contributed by atoms with Crippen LogP contribution in [0.4, 0.5) is 4.39 Å². The lowest BCUT2D eigenvalue weighted by Gasteiger charge is -2.39. The highest BCUT2D eigenvalue weighted by Gasteiger charge is 2.39. The first-order chi connectivity index (χ1) is 14.1. The van der Waals surface area contributed by atoms with Crippen molar-refractivity contribution >= 4 is 17.8 Å². The first-order valence-electron chi connectivity index (χ1n) is 9.96. The number of nitriles is 1. The molecule has 1 fully saturated rings. The number of ether oxygens (including phenoxy) is 1. The number of benzene rings is 1. The fourth-order valence-electron chi connectivity index (χ4n) is 3.48. The fourth-order valence-corrected chi connectivity index (χ4v) is 3.48. The molecule has 0 spiro atoms. The summed E-state index contributed by atoms with van der Waals surface area (Å²) >= 11 is 0. The number of esters is 1. The van der Waals surface area contributed by atoms with E-state index in [0.29, 0.717) is 32.4 Å². The SMILES string of the molecule is COC(=O)CC1CCN(C(=O)C(C)(C)C(C)NC(=O)c2ccc(C#N)cc2F)CC1. The maximum absolute atomic E-state index is 14.1. The number of nitrogens with one attached hydrogen (secondary N) is 1. The van der Waals surface area contributed by atoms with Crippen LogP contribution in [0.1, 0.15) is 56.0 Å². The molecule has 1 unspecified atom stereocenters. The number of rotatable bonds is 6. The van der Waals surface area contributed by atoms with Gasteiger partial charge in [0.1, 0.15) is 5.82 Å². The van der Waals surface area contributed by atoms with E-state index in [-0.39, 0.29) is 28.9 Å². The van der Waals surface area contributed by atoms with Crippen molar-refractivity contribution in [3.63, 3.8) is 0 Å². The zero-order valence-electron chi connectivity index (χ0n) is 17.8. The Hall–Kier alpha value is -2.95. The van der Waals surface area contributed by atoms with Gasteiger partial charge in [-0.1, -0.05) is 0 Å². The van der Waals surface area contributed by atoms with Crippen molar-refractivity contribution in [3.8, 4) is 6.07 Å². The van der Waals surface area contributed by atoms with Gasteiger partial charge in [-0.2, -0.15) is 5.26 Å². The Morgan fingerprint density at radius 3 is 2.50 bits per heavy atom. The van der Waals surface area contributed by atoms with E-state index >= 15 is 0 Å². The number of carbonyl (C=O) groups is 3. The molecule has 1 aromatic rings. The normalized spacial score (nSPS) is 15.8. The Labute approximate surface area is 176 Å². The number of likely N-dealkylation sites (tertiary alicyclic amines) is 1. The van der Waals surface area contributed by atoms with Gasteiger partial charge in [0.05, 0.1) is 29.7 Å². The van der Waals surface area contributed by atoms with Crippen molar-refractivity contribution in [3.05, 3.63) is 35.1 Å². The number of methoxy groups -OCH3 is 1.